The van der Waals surface area contributed by atoms with Crippen LogP contribution < -0.4 is 11.5 Å². The molecule has 4 N–H and O–H groups in total. The van der Waals surface area contributed by atoms with Gasteiger partial charge in [-0.15, -0.1) is 17.5 Å². The predicted octanol–water partition coefficient (Wildman–Crippen LogP) is 3.02. The van der Waals surface area contributed by atoms with Crippen LogP contribution in [0.3, 0.4) is 0 Å². The van der Waals surface area contributed by atoms with Gasteiger partial charge in [-0.1, -0.05) is 48.5 Å². The average molecular weight is 299 g/mol. The second-order valence-corrected chi connectivity index (χ2v) is 4.50. The molecular formula is C16H15ClN4. The SMILES string of the molecule is Cl.NC(N)=N/N=C\c1c2ccccc2cc2ccccc12. The molecule has 0 fully saturated rings. The molecule has 3 aromatic rings. The van der Waals surface area contributed by atoms with Gasteiger partial charge in [0.25, 0.3) is 0 Å². The first-order chi connectivity index (χ1) is 9.75. The quantitative estimate of drug-likeness (QED) is 0.330. The monoisotopic (exact) mass is 298 g/mol. The minimum absolute atomic E-state index is 0. The molecule has 0 bridgehead atoms. The zero-order valence-electron chi connectivity index (χ0n) is 11.2. The van der Waals surface area contributed by atoms with Gasteiger partial charge in [-0.2, -0.15) is 5.10 Å². The molecule has 0 aliphatic heterocycles. The second kappa shape index (κ2) is 6.24. The summed E-state index contributed by atoms with van der Waals surface area (Å²) < 4.78 is 0. The fourth-order valence-corrected chi connectivity index (χ4v) is 2.34. The molecule has 5 heteroatoms. The minimum atomic E-state index is -0.0502. The summed E-state index contributed by atoms with van der Waals surface area (Å²) >= 11 is 0. The summed E-state index contributed by atoms with van der Waals surface area (Å²) in [4.78, 5) is 0. The van der Waals surface area contributed by atoms with Crippen LogP contribution in [0.1, 0.15) is 5.56 Å². The molecule has 0 radical (unpaired) electrons. The first-order valence-electron chi connectivity index (χ1n) is 6.28. The molecule has 21 heavy (non-hydrogen) atoms. The van der Waals surface area contributed by atoms with E-state index in [-0.39, 0.29) is 18.4 Å². The van der Waals surface area contributed by atoms with Crippen molar-refractivity contribution in [3.05, 3.63) is 60.2 Å². The number of halogens is 1. The van der Waals surface area contributed by atoms with Crippen molar-refractivity contribution in [2.45, 2.75) is 0 Å². The van der Waals surface area contributed by atoms with Gasteiger partial charge in [-0.05, 0) is 27.6 Å². The number of fused-ring (bicyclic) bond motifs is 2. The van der Waals surface area contributed by atoms with Crippen LogP contribution in [0.5, 0.6) is 0 Å². The third kappa shape index (κ3) is 2.95. The Hall–Kier alpha value is -2.59. The lowest BCUT2D eigenvalue weighted by Crippen LogP contribution is -2.21. The zero-order valence-corrected chi connectivity index (χ0v) is 12.0. The van der Waals surface area contributed by atoms with E-state index >= 15 is 0 Å². The largest absolute Gasteiger partial charge is 0.369 e. The standard InChI is InChI=1S/C16H14N4.ClH/c17-16(18)20-19-10-15-13-7-3-1-5-11(13)9-12-6-2-4-8-14(12)15;/h1-10H,(H4,17,18,20);1H/b19-10-;. The third-order valence-electron chi connectivity index (χ3n) is 3.17. The molecule has 4 nitrogen and oxygen atoms in total. The van der Waals surface area contributed by atoms with Crippen molar-refractivity contribution in [2.75, 3.05) is 0 Å². The topological polar surface area (TPSA) is 76.8 Å². The molecule has 0 spiro atoms. The van der Waals surface area contributed by atoms with Crippen LogP contribution in [-0.2, 0) is 0 Å². The lowest BCUT2D eigenvalue weighted by Gasteiger charge is -2.07. The fraction of sp³-hybridized carbons (Fsp3) is 0. The number of hydrogen-bond donors (Lipinski definition) is 2. The highest BCUT2D eigenvalue weighted by molar-refractivity contribution is 6.13. The summed E-state index contributed by atoms with van der Waals surface area (Å²) in [6.07, 6.45) is 1.70. The van der Waals surface area contributed by atoms with Crippen molar-refractivity contribution in [2.24, 2.45) is 21.7 Å². The van der Waals surface area contributed by atoms with E-state index in [0.717, 1.165) is 27.1 Å². The molecule has 0 saturated carbocycles. The Bertz CT molecular complexity index is 782. The van der Waals surface area contributed by atoms with Gasteiger partial charge in [0.15, 0.2) is 0 Å². The molecule has 3 aromatic carbocycles. The zero-order chi connectivity index (χ0) is 13.9. The van der Waals surface area contributed by atoms with E-state index in [2.05, 4.69) is 40.5 Å². The molecule has 0 aliphatic carbocycles. The lowest BCUT2D eigenvalue weighted by atomic mass is 9.97. The summed E-state index contributed by atoms with van der Waals surface area (Å²) in [5.41, 5.74) is 11.6. The summed E-state index contributed by atoms with van der Waals surface area (Å²) in [5.74, 6) is -0.0502. The molecule has 0 amide bonds. The molecule has 0 saturated heterocycles. The van der Waals surface area contributed by atoms with Crippen LogP contribution in [0, 0.1) is 0 Å². The van der Waals surface area contributed by atoms with Crippen LogP contribution >= 0.6 is 12.4 Å². The number of hydrogen-bond acceptors (Lipinski definition) is 2. The first kappa shape index (κ1) is 14.8. The third-order valence-corrected chi connectivity index (χ3v) is 3.17. The van der Waals surface area contributed by atoms with Crippen molar-refractivity contribution in [3.8, 4) is 0 Å². The molecule has 0 aromatic heterocycles. The Kier molecular flexibility index (Phi) is 4.40. The Balaban J connectivity index is 0.00000161. The van der Waals surface area contributed by atoms with E-state index < -0.39 is 0 Å². The lowest BCUT2D eigenvalue weighted by molar-refractivity contribution is 1.22. The van der Waals surface area contributed by atoms with Crippen molar-refractivity contribution in [3.63, 3.8) is 0 Å². The summed E-state index contributed by atoms with van der Waals surface area (Å²) in [6, 6.07) is 18.5. The number of nitrogens with zero attached hydrogens (tertiary/aromatic N) is 2. The van der Waals surface area contributed by atoms with Crippen LogP contribution in [0.25, 0.3) is 21.5 Å². The van der Waals surface area contributed by atoms with Crippen molar-refractivity contribution in [1.82, 2.24) is 0 Å². The van der Waals surface area contributed by atoms with Crippen LogP contribution in [-0.4, -0.2) is 12.2 Å². The van der Waals surface area contributed by atoms with Gasteiger partial charge in [0.05, 0.1) is 6.21 Å². The molecule has 0 heterocycles. The van der Waals surface area contributed by atoms with E-state index in [9.17, 15) is 0 Å². The summed E-state index contributed by atoms with van der Waals surface area (Å²) in [5, 5.41) is 12.2. The number of guanidine groups is 1. The van der Waals surface area contributed by atoms with E-state index in [1.807, 2.05) is 24.3 Å². The Morgan fingerprint density at radius 3 is 1.90 bits per heavy atom. The van der Waals surface area contributed by atoms with Gasteiger partial charge >= 0.3 is 0 Å². The van der Waals surface area contributed by atoms with Gasteiger partial charge in [0, 0.05) is 5.56 Å². The van der Waals surface area contributed by atoms with Gasteiger partial charge in [0.1, 0.15) is 0 Å². The first-order valence-corrected chi connectivity index (χ1v) is 6.28. The van der Waals surface area contributed by atoms with E-state index in [1.54, 1.807) is 6.21 Å². The second-order valence-electron chi connectivity index (χ2n) is 4.50. The van der Waals surface area contributed by atoms with Crippen molar-refractivity contribution < 1.29 is 0 Å². The molecule has 3 rings (SSSR count). The smallest absolute Gasteiger partial charge is 0.211 e. The molecule has 106 valence electrons. The van der Waals surface area contributed by atoms with E-state index in [0.29, 0.717) is 0 Å². The maximum absolute atomic E-state index is 5.30. The molecule has 0 unspecified atom stereocenters. The van der Waals surface area contributed by atoms with Crippen molar-refractivity contribution in [1.29, 1.82) is 0 Å². The Morgan fingerprint density at radius 2 is 1.38 bits per heavy atom. The van der Waals surface area contributed by atoms with Crippen LogP contribution in [0.4, 0.5) is 0 Å². The van der Waals surface area contributed by atoms with E-state index in [4.69, 9.17) is 11.5 Å². The highest BCUT2D eigenvalue weighted by Gasteiger charge is 2.04. The number of nitrogens with two attached hydrogens (primary N) is 2. The van der Waals surface area contributed by atoms with Crippen LogP contribution in [0.15, 0.2) is 64.8 Å². The molecule has 0 atom stereocenters. The summed E-state index contributed by atoms with van der Waals surface area (Å²) in [6.45, 7) is 0. The van der Waals surface area contributed by atoms with E-state index in [1.165, 1.54) is 0 Å². The maximum Gasteiger partial charge on any atom is 0.211 e. The average Bonchev–Trinajstić information content (AvgIpc) is 2.46. The minimum Gasteiger partial charge on any atom is -0.369 e. The van der Waals surface area contributed by atoms with Gasteiger partial charge < -0.3 is 11.5 Å². The number of benzene rings is 3. The van der Waals surface area contributed by atoms with Gasteiger partial charge in [-0.3, -0.25) is 0 Å². The highest BCUT2D eigenvalue weighted by atomic mass is 35.5. The number of rotatable bonds is 2. The maximum atomic E-state index is 5.30. The van der Waals surface area contributed by atoms with Crippen molar-refractivity contribution >= 4 is 46.1 Å². The fourth-order valence-electron chi connectivity index (χ4n) is 2.34. The summed E-state index contributed by atoms with van der Waals surface area (Å²) in [7, 11) is 0. The van der Waals surface area contributed by atoms with Crippen LogP contribution in [0.2, 0.25) is 0 Å². The van der Waals surface area contributed by atoms with Gasteiger partial charge in [0.2, 0.25) is 5.96 Å². The highest BCUT2D eigenvalue weighted by Crippen LogP contribution is 2.27. The molecular weight excluding hydrogens is 284 g/mol. The normalized spacial score (nSPS) is 10.7. The van der Waals surface area contributed by atoms with Gasteiger partial charge in [-0.25, -0.2) is 0 Å². The Morgan fingerprint density at radius 1 is 0.857 bits per heavy atom. The molecule has 0 aliphatic rings. The Labute approximate surface area is 128 Å². The predicted molar refractivity (Wildman–Crippen MR) is 92.1 cm³/mol.